The van der Waals surface area contributed by atoms with Crippen LogP contribution in [0, 0.1) is 11.8 Å². The smallest absolute Gasteiger partial charge is 0.303 e. The van der Waals surface area contributed by atoms with Crippen LogP contribution in [0.5, 0.6) is 0 Å². The molecule has 84 valence electrons. The number of aliphatic carboxylic acids is 1. The summed E-state index contributed by atoms with van der Waals surface area (Å²) in [6.45, 7) is 11.5. The van der Waals surface area contributed by atoms with E-state index in [1.54, 1.807) is 12.2 Å². The van der Waals surface area contributed by atoms with Crippen LogP contribution in [0.15, 0.2) is 37.0 Å². The molecule has 1 N–H and O–H groups in total. The fraction of sp³-hybridized carbons (Fsp3) is 0.462. The lowest BCUT2D eigenvalue weighted by Crippen LogP contribution is -2.12. The Labute approximate surface area is 92.0 Å². The van der Waals surface area contributed by atoms with Gasteiger partial charge in [-0.2, -0.15) is 0 Å². The quantitative estimate of drug-likeness (QED) is 0.651. The molecule has 0 bridgehead atoms. The summed E-state index contributed by atoms with van der Waals surface area (Å²) < 4.78 is 0. The van der Waals surface area contributed by atoms with Crippen molar-refractivity contribution in [3.63, 3.8) is 0 Å². The summed E-state index contributed by atoms with van der Waals surface area (Å²) >= 11 is 0. The van der Waals surface area contributed by atoms with Gasteiger partial charge in [0.25, 0.3) is 0 Å². The number of carbonyl (C=O) groups is 1. The number of rotatable bonds is 7. The van der Waals surface area contributed by atoms with Crippen molar-refractivity contribution < 1.29 is 9.90 Å². The van der Waals surface area contributed by atoms with Crippen molar-refractivity contribution in [3.8, 4) is 0 Å². The van der Waals surface area contributed by atoms with E-state index >= 15 is 0 Å². The molecule has 2 heteroatoms. The van der Waals surface area contributed by atoms with E-state index in [9.17, 15) is 4.79 Å². The van der Waals surface area contributed by atoms with Gasteiger partial charge in [-0.1, -0.05) is 45.2 Å². The molecule has 0 heterocycles. The van der Waals surface area contributed by atoms with Crippen molar-refractivity contribution in [2.45, 2.75) is 26.7 Å². The molecule has 0 aromatic carbocycles. The maximum atomic E-state index is 10.7. The number of carboxylic acids is 1. The van der Waals surface area contributed by atoms with Crippen LogP contribution in [0.25, 0.3) is 0 Å². The van der Waals surface area contributed by atoms with E-state index < -0.39 is 5.97 Å². The number of allylic oxidation sites excluding steroid dienone is 4. The predicted molar refractivity (Wildman–Crippen MR) is 63.7 cm³/mol. The van der Waals surface area contributed by atoms with Gasteiger partial charge in [-0.05, 0) is 23.8 Å². The van der Waals surface area contributed by atoms with Crippen molar-refractivity contribution in [3.05, 3.63) is 37.0 Å². The Hall–Kier alpha value is -1.31. The summed E-state index contributed by atoms with van der Waals surface area (Å²) in [5, 5.41) is 8.82. The minimum Gasteiger partial charge on any atom is -0.481 e. The highest BCUT2D eigenvalue weighted by Crippen LogP contribution is 2.24. The molecule has 0 aliphatic rings. The first-order chi connectivity index (χ1) is 7.01. The van der Waals surface area contributed by atoms with Crippen molar-refractivity contribution in [1.29, 1.82) is 0 Å². The van der Waals surface area contributed by atoms with Crippen LogP contribution in [0.3, 0.4) is 0 Å². The summed E-state index contributed by atoms with van der Waals surface area (Å²) in [6.07, 6.45) is 6.24. The maximum absolute atomic E-state index is 10.7. The minimum atomic E-state index is -0.766. The van der Waals surface area contributed by atoms with Gasteiger partial charge < -0.3 is 5.11 Å². The van der Waals surface area contributed by atoms with Crippen molar-refractivity contribution >= 4 is 5.97 Å². The highest BCUT2D eigenvalue weighted by Gasteiger charge is 2.17. The van der Waals surface area contributed by atoms with Gasteiger partial charge in [-0.15, -0.1) is 0 Å². The van der Waals surface area contributed by atoms with E-state index in [0.717, 1.165) is 12.0 Å². The standard InChI is InChI=1S/C13H20O2/c1-5-7-11(6-2)12(8-10(3)4)9-13(14)15/h5-7,10,12H,1-2,8-9H2,3-4H3,(H,14,15)/b11-7+. The van der Waals surface area contributed by atoms with Crippen LogP contribution >= 0.6 is 0 Å². The molecule has 0 rings (SSSR count). The molecule has 0 aromatic heterocycles. The van der Waals surface area contributed by atoms with E-state index in [1.807, 2.05) is 6.08 Å². The molecule has 0 amide bonds. The minimum absolute atomic E-state index is 0.0398. The van der Waals surface area contributed by atoms with Crippen LogP contribution in [0.1, 0.15) is 26.7 Å². The van der Waals surface area contributed by atoms with E-state index in [4.69, 9.17) is 5.11 Å². The fourth-order valence-corrected chi connectivity index (χ4v) is 1.62. The molecule has 0 fully saturated rings. The van der Waals surface area contributed by atoms with Gasteiger partial charge >= 0.3 is 5.97 Å². The third kappa shape index (κ3) is 5.89. The summed E-state index contributed by atoms with van der Waals surface area (Å²) in [7, 11) is 0. The molecule has 0 aliphatic carbocycles. The maximum Gasteiger partial charge on any atom is 0.303 e. The van der Waals surface area contributed by atoms with Crippen LogP contribution < -0.4 is 0 Å². The number of hydrogen-bond acceptors (Lipinski definition) is 1. The first-order valence-electron chi connectivity index (χ1n) is 5.18. The average Bonchev–Trinajstić information content (AvgIpc) is 2.11. The van der Waals surface area contributed by atoms with Crippen molar-refractivity contribution in [2.24, 2.45) is 11.8 Å². The Kier molecular flexibility index (Phi) is 6.43. The molecular formula is C13H20O2. The molecule has 15 heavy (non-hydrogen) atoms. The molecule has 1 atom stereocenters. The number of carboxylic acid groups (broad SMARTS) is 1. The normalized spacial score (nSPS) is 13.7. The van der Waals surface area contributed by atoms with Gasteiger partial charge in [0.05, 0.1) is 6.42 Å². The summed E-state index contributed by atoms with van der Waals surface area (Å²) in [4.78, 5) is 10.7. The molecule has 0 aromatic rings. The highest BCUT2D eigenvalue weighted by molar-refractivity contribution is 5.67. The topological polar surface area (TPSA) is 37.3 Å². The molecule has 0 saturated carbocycles. The first kappa shape index (κ1) is 13.7. The molecule has 1 unspecified atom stereocenters. The fourth-order valence-electron chi connectivity index (χ4n) is 1.62. The Balaban J connectivity index is 4.72. The monoisotopic (exact) mass is 208 g/mol. The molecule has 0 radical (unpaired) electrons. The molecular weight excluding hydrogens is 188 g/mol. The van der Waals surface area contributed by atoms with Gasteiger partial charge in [0.1, 0.15) is 0 Å². The van der Waals surface area contributed by atoms with Crippen LogP contribution in [0.2, 0.25) is 0 Å². The lowest BCUT2D eigenvalue weighted by molar-refractivity contribution is -0.137. The Morgan fingerprint density at radius 2 is 2.00 bits per heavy atom. The SMILES string of the molecule is C=C/C=C(\C=C)C(CC(=O)O)CC(C)C. The zero-order chi connectivity index (χ0) is 11.8. The second kappa shape index (κ2) is 7.04. The lowest BCUT2D eigenvalue weighted by Gasteiger charge is -2.18. The van der Waals surface area contributed by atoms with Gasteiger partial charge in [0.2, 0.25) is 0 Å². The summed E-state index contributed by atoms with van der Waals surface area (Å²) in [5.74, 6) is -0.252. The Bertz CT molecular complexity index is 262. The molecule has 0 saturated heterocycles. The third-order valence-electron chi connectivity index (χ3n) is 2.19. The highest BCUT2D eigenvalue weighted by atomic mass is 16.4. The molecule has 0 aliphatic heterocycles. The van der Waals surface area contributed by atoms with E-state index in [-0.39, 0.29) is 12.3 Å². The predicted octanol–water partition coefficient (Wildman–Crippen LogP) is 3.42. The van der Waals surface area contributed by atoms with E-state index in [1.165, 1.54) is 0 Å². The van der Waals surface area contributed by atoms with Crippen LogP contribution in [-0.4, -0.2) is 11.1 Å². The number of hydrogen-bond donors (Lipinski definition) is 1. The Morgan fingerprint density at radius 3 is 2.33 bits per heavy atom. The molecule has 2 nitrogen and oxygen atoms in total. The zero-order valence-corrected chi connectivity index (χ0v) is 9.57. The van der Waals surface area contributed by atoms with Gasteiger partial charge in [-0.3, -0.25) is 4.79 Å². The third-order valence-corrected chi connectivity index (χ3v) is 2.19. The lowest BCUT2D eigenvalue weighted by atomic mass is 9.87. The summed E-state index contributed by atoms with van der Waals surface area (Å²) in [6, 6.07) is 0. The summed E-state index contributed by atoms with van der Waals surface area (Å²) in [5.41, 5.74) is 0.959. The van der Waals surface area contributed by atoms with Crippen molar-refractivity contribution in [1.82, 2.24) is 0 Å². The van der Waals surface area contributed by atoms with Crippen molar-refractivity contribution in [2.75, 3.05) is 0 Å². The van der Waals surface area contributed by atoms with E-state index in [2.05, 4.69) is 27.0 Å². The molecule has 0 spiro atoms. The van der Waals surface area contributed by atoms with Crippen LogP contribution in [-0.2, 0) is 4.79 Å². The van der Waals surface area contributed by atoms with Gasteiger partial charge in [0, 0.05) is 0 Å². The average molecular weight is 208 g/mol. The second-order valence-electron chi connectivity index (χ2n) is 4.03. The van der Waals surface area contributed by atoms with E-state index in [0.29, 0.717) is 5.92 Å². The van der Waals surface area contributed by atoms with Gasteiger partial charge in [0.15, 0.2) is 0 Å². The largest absolute Gasteiger partial charge is 0.481 e. The first-order valence-corrected chi connectivity index (χ1v) is 5.18. The van der Waals surface area contributed by atoms with Crippen LogP contribution in [0.4, 0.5) is 0 Å². The second-order valence-corrected chi connectivity index (χ2v) is 4.03. The van der Waals surface area contributed by atoms with Gasteiger partial charge in [-0.25, -0.2) is 0 Å². The zero-order valence-electron chi connectivity index (χ0n) is 9.57. The Morgan fingerprint density at radius 1 is 1.40 bits per heavy atom.